The summed E-state index contributed by atoms with van der Waals surface area (Å²) in [5, 5.41) is 4.35. The summed E-state index contributed by atoms with van der Waals surface area (Å²) in [7, 11) is 6.29. The van der Waals surface area contributed by atoms with Gasteiger partial charge in [0.15, 0.2) is 23.0 Å². The molecule has 27 heavy (non-hydrogen) atoms. The van der Waals surface area contributed by atoms with Crippen LogP contribution in [0, 0.1) is 0 Å². The molecule has 0 unspecified atom stereocenters. The monoisotopic (exact) mass is 372 g/mol. The van der Waals surface area contributed by atoms with Crippen molar-refractivity contribution in [3.05, 3.63) is 36.0 Å². The fourth-order valence-electron chi connectivity index (χ4n) is 2.53. The average Bonchev–Trinajstić information content (AvgIpc) is 3.14. The largest absolute Gasteiger partial charge is 0.493 e. The minimum Gasteiger partial charge on any atom is -0.493 e. The van der Waals surface area contributed by atoms with Crippen LogP contribution >= 0.6 is 0 Å². The van der Waals surface area contributed by atoms with E-state index in [0.717, 1.165) is 5.56 Å². The summed E-state index contributed by atoms with van der Waals surface area (Å²) in [4.78, 5) is 16.5. The van der Waals surface area contributed by atoms with E-state index in [1.807, 2.05) is 12.1 Å². The maximum atomic E-state index is 10.9. The summed E-state index contributed by atoms with van der Waals surface area (Å²) in [6.07, 6.45) is 2.33. The first-order valence-corrected chi connectivity index (χ1v) is 8.05. The molecule has 0 aliphatic rings. The number of carbonyl (C=O) groups is 1. The molecule has 3 aromatic rings. The van der Waals surface area contributed by atoms with Gasteiger partial charge in [0, 0.05) is 13.1 Å². The number of nitrogens with zero attached hydrogens (tertiary/aromatic N) is 4. The Kier molecular flexibility index (Phi) is 5.30. The Morgan fingerprint density at radius 3 is 2.41 bits per heavy atom. The SMILES string of the molecule is COc1cc(COc2ccc3nc(N(C)C=O)cn3n2)cc(OC)c1OC. The molecule has 0 spiro atoms. The number of fused-ring (bicyclic) bond motifs is 1. The molecule has 1 amide bonds. The molecular formula is C18H20N4O5. The Bertz CT molecular complexity index is 931. The fraction of sp³-hybridized carbons (Fsp3) is 0.278. The molecule has 0 aliphatic carbocycles. The van der Waals surface area contributed by atoms with Crippen LogP contribution in [-0.4, -0.2) is 49.4 Å². The molecule has 9 nitrogen and oxygen atoms in total. The number of methoxy groups -OCH3 is 3. The first-order valence-electron chi connectivity index (χ1n) is 8.05. The van der Waals surface area contributed by atoms with Crippen LogP contribution in [-0.2, 0) is 11.4 Å². The number of aromatic nitrogens is 3. The molecule has 0 atom stereocenters. The Morgan fingerprint density at radius 2 is 1.81 bits per heavy atom. The molecule has 0 N–H and O–H groups in total. The maximum absolute atomic E-state index is 10.9. The van der Waals surface area contributed by atoms with Crippen molar-refractivity contribution in [3.8, 4) is 23.1 Å². The molecule has 1 aromatic carbocycles. The summed E-state index contributed by atoms with van der Waals surface area (Å²) in [6.45, 7) is 0.255. The first-order chi connectivity index (χ1) is 13.1. The highest BCUT2D eigenvalue weighted by Crippen LogP contribution is 2.38. The van der Waals surface area contributed by atoms with E-state index >= 15 is 0 Å². The zero-order valence-corrected chi connectivity index (χ0v) is 15.5. The molecule has 9 heteroatoms. The Hall–Kier alpha value is -3.49. The van der Waals surface area contributed by atoms with Gasteiger partial charge in [0.2, 0.25) is 18.0 Å². The van der Waals surface area contributed by atoms with Crippen molar-refractivity contribution in [2.24, 2.45) is 0 Å². The summed E-state index contributed by atoms with van der Waals surface area (Å²) in [5.74, 6) is 2.53. The van der Waals surface area contributed by atoms with Crippen molar-refractivity contribution in [3.63, 3.8) is 0 Å². The van der Waals surface area contributed by atoms with E-state index < -0.39 is 0 Å². The van der Waals surface area contributed by atoms with Gasteiger partial charge in [-0.3, -0.25) is 4.79 Å². The standard InChI is InChI=1S/C18H20N4O5/c1-21(11-23)16-9-22-15(19-16)5-6-17(20-22)27-10-12-7-13(24-2)18(26-4)14(8-12)25-3/h5-9,11H,10H2,1-4H3. The predicted octanol–water partition coefficient (Wildman–Crippen LogP) is 1.93. The second-order valence-corrected chi connectivity index (χ2v) is 5.61. The molecule has 3 rings (SSSR count). The molecule has 142 valence electrons. The molecule has 0 fully saturated rings. The topological polar surface area (TPSA) is 87.4 Å². The highest BCUT2D eigenvalue weighted by atomic mass is 16.5. The van der Waals surface area contributed by atoms with Crippen LogP contribution in [0.5, 0.6) is 23.1 Å². The number of rotatable bonds is 8. The quantitative estimate of drug-likeness (QED) is 0.558. The van der Waals surface area contributed by atoms with Crippen LogP contribution in [0.3, 0.4) is 0 Å². The minimum atomic E-state index is 0.255. The molecule has 0 saturated heterocycles. The fourth-order valence-corrected chi connectivity index (χ4v) is 2.53. The summed E-state index contributed by atoms with van der Waals surface area (Å²) >= 11 is 0. The third-order valence-electron chi connectivity index (χ3n) is 3.91. The molecule has 0 bridgehead atoms. The molecule has 0 aliphatic heterocycles. The number of hydrogen-bond donors (Lipinski definition) is 0. The van der Waals surface area contributed by atoms with Gasteiger partial charge < -0.3 is 23.8 Å². The number of ether oxygens (including phenoxy) is 4. The van der Waals surface area contributed by atoms with Gasteiger partial charge in [-0.15, -0.1) is 5.10 Å². The Balaban J connectivity index is 1.81. The third kappa shape index (κ3) is 3.71. The van der Waals surface area contributed by atoms with Crippen LogP contribution < -0.4 is 23.8 Å². The average molecular weight is 372 g/mol. The lowest BCUT2D eigenvalue weighted by atomic mass is 10.2. The molecule has 2 aromatic heterocycles. The van der Waals surface area contributed by atoms with Gasteiger partial charge in [0.1, 0.15) is 6.61 Å². The van der Waals surface area contributed by atoms with Gasteiger partial charge in [-0.2, -0.15) is 0 Å². The highest BCUT2D eigenvalue weighted by Gasteiger charge is 2.14. The lowest BCUT2D eigenvalue weighted by Gasteiger charge is -2.14. The normalized spacial score (nSPS) is 10.5. The number of carbonyl (C=O) groups excluding carboxylic acids is 1. The van der Waals surface area contributed by atoms with E-state index in [0.29, 0.717) is 41.0 Å². The molecular weight excluding hydrogens is 352 g/mol. The van der Waals surface area contributed by atoms with Crippen molar-refractivity contribution < 1.29 is 23.7 Å². The predicted molar refractivity (Wildman–Crippen MR) is 97.9 cm³/mol. The maximum Gasteiger partial charge on any atom is 0.232 e. The van der Waals surface area contributed by atoms with Crippen LogP contribution in [0.4, 0.5) is 5.82 Å². The lowest BCUT2D eigenvalue weighted by Crippen LogP contribution is -2.13. The second-order valence-electron chi connectivity index (χ2n) is 5.61. The smallest absolute Gasteiger partial charge is 0.232 e. The van der Waals surface area contributed by atoms with Crippen LogP contribution in [0.2, 0.25) is 0 Å². The first kappa shape index (κ1) is 18.3. The molecule has 2 heterocycles. The van der Waals surface area contributed by atoms with Crippen LogP contribution in [0.1, 0.15) is 5.56 Å². The van der Waals surface area contributed by atoms with E-state index in [9.17, 15) is 4.79 Å². The number of hydrogen-bond acceptors (Lipinski definition) is 7. The van der Waals surface area contributed by atoms with Crippen molar-refractivity contribution in [1.82, 2.24) is 14.6 Å². The summed E-state index contributed by atoms with van der Waals surface area (Å²) in [5.41, 5.74) is 1.44. The van der Waals surface area contributed by atoms with Gasteiger partial charge >= 0.3 is 0 Å². The van der Waals surface area contributed by atoms with Crippen molar-refractivity contribution >= 4 is 17.9 Å². The van der Waals surface area contributed by atoms with Crippen molar-refractivity contribution in [2.75, 3.05) is 33.3 Å². The van der Waals surface area contributed by atoms with Gasteiger partial charge in [0.25, 0.3) is 0 Å². The van der Waals surface area contributed by atoms with Crippen molar-refractivity contribution in [1.29, 1.82) is 0 Å². The van der Waals surface area contributed by atoms with E-state index in [1.54, 1.807) is 51.2 Å². The number of benzene rings is 1. The van der Waals surface area contributed by atoms with Gasteiger partial charge in [0.05, 0.1) is 27.5 Å². The van der Waals surface area contributed by atoms with Gasteiger partial charge in [-0.05, 0) is 23.8 Å². The number of anilines is 1. The van der Waals surface area contributed by atoms with E-state index in [4.69, 9.17) is 18.9 Å². The summed E-state index contributed by atoms with van der Waals surface area (Å²) in [6, 6.07) is 7.10. The minimum absolute atomic E-state index is 0.255. The van der Waals surface area contributed by atoms with Crippen LogP contribution in [0.15, 0.2) is 30.5 Å². The lowest BCUT2D eigenvalue weighted by molar-refractivity contribution is -0.107. The Labute approximate surface area is 156 Å². The second kappa shape index (κ2) is 7.81. The van der Waals surface area contributed by atoms with E-state index in [1.165, 1.54) is 4.90 Å². The zero-order chi connectivity index (χ0) is 19.4. The third-order valence-corrected chi connectivity index (χ3v) is 3.91. The number of imidazole rings is 1. The van der Waals surface area contributed by atoms with Crippen molar-refractivity contribution in [2.45, 2.75) is 6.61 Å². The number of amides is 1. The highest BCUT2D eigenvalue weighted by molar-refractivity contribution is 5.72. The molecule has 0 radical (unpaired) electrons. The molecule has 0 saturated carbocycles. The van der Waals surface area contributed by atoms with E-state index in [-0.39, 0.29) is 6.61 Å². The Morgan fingerprint density at radius 1 is 1.11 bits per heavy atom. The zero-order valence-electron chi connectivity index (χ0n) is 15.5. The van der Waals surface area contributed by atoms with Gasteiger partial charge in [-0.25, -0.2) is 9.50 Å². The summed E-state index contributed by atoms with van der Waals surface area (Å²) < 4.78 is 23.3. The van der Waals surface area contributed by atoms with Gasteiger partial charge in [-0.1, -0.05) is 0 Å². The van der Waals surface area contributed by atoms with Crippen LogP contribution in [0.25, 0.3) is 5.65 Å². The van der Waals surface area contributed by atoms with E-state index in [2.05, 4.69) is 10.1 Å².